The van der Waals surface area contributed by atoms with Crippen molar-refractivity contribution >= 4 is 5.95 Å². The Hall–Kier alpha value is -1.78. The van der Waals surface area contributed by atoms with Crippen LogP contribution in [0.3, 0.4) is 0 Å². The van der Waals surface area contributed by atoms with Crippen molar-refractivity contribution in [2.45, 2.75) is 27.3 Å². The molecule has 18 heavy (non-hydrogen) atoms. The fraction of sp³-hybridized carbons (Fsp3) is 0.538. The second-order valence-corrected chi connectivity index (χ2v) is 5.07. The number of nitrogens with zero attached hydrogens (tertiary/aromatic N) is 4. The van der Waals surface area contributed by atoms with Gasteiger partial charge in [0, 0.05) is 37.7 Å². The lowest BCUT2D eigenvalue weighted by Gasteiger charge is -2.11. The highest BCUT2D eigenvalue weighted by Gasteiger charge is 2.07. The van der Waals surface area contributed by atoms with Gasteiger partial charge in [0.25, 0.3) is 0 Å². The topological polar surface area (TPSA) is 47.7 Å². The van der Waals surface area contributed by atoms with E-state index in [0.29, 0.717) is 5.92 Å². The SMILES string of the molecule is Cc1nn(C)cc1Cn1ccnc1NCC(C)C. The molecule has 5 nitrogen and oxygen atoms in total. The first-order valence-electron chi connectivity index (χ1n) is 6.30. The third kappa shape index (κ3) is 2.91. The van der Waals surface area contributed by atoms with Crippen molar-refractivity contribution in [1.82, 2.24) is 19.3 Å². The Bertz CT molecular complexity index is 509. The summed E-state index contributed by atoms with van der Waals surface area (Å²) in [6.07, 6.45) is 5.88. The summed E-state index contributed by atoms with van der Waals surface area (Å²) in [5.74, 6) is 1.53. The highest BCUT2D eigenvalue weighted by molar-refractivity contribution is 5.28. The molecule has 0 aliphatic rings. The van der Waals surface area contributed by atoms with E-state index in [9.17, 15) is 0 Å². The van der Waals surface area contributed by atoms with Crippen LogP contribution < -0.4 is 5.32 Å². The van der Waals surface area contributed by atoms with Crippen LogP contribution in [0.4, 0.5) is 5.95 Å². The first kappa shape index (κ1) is 12.7. The Morgan fingerprint density at radius 2 is 2.17 bits per heavy atom. The Kier molecular flexibility index (Phi) is 3.69. The van der Waals surface area contributed by atoms with Gasteiger partial charge in [0.2, 0.25) is 5.95 Å². The lowest BCUT2D eigenvalue weighted by Crippen LogP contribution is -2.13. The van der Waals surface area contributed by atoms with Crippen molar-refractivity contribution in [3.8, 4) is 0 Å². The van der Waals surface area contributed by atoms with Gasteiger partial charge in [-0.1, -0.05) is 13.8 Å². The normalized spacial score (nSPS) is 11.2. The molecule has 1 N–H and O–H groups in total. The molecule has 0 spiro atoms. The van der Waals surface area contributed by atoms with E-state index in [1.165, 1.54) is 5.56 Å². The van der Waals surface area contributed by atoms with Crippen molar-refractivity contribution in [3.63, 3.8) is 0 Å². The van der Waals surface area contributed by atoms with Crippen LogP contribution in [0, 0.1) is 12.8 Å². The summed E-state index contributed by atoms with van der Waals surface area (Å²) in [6.45, 7) is 8.15. The van der Waals surface area contributed by atoms with Crippen LogP contribution in [-0.2, 0) is 13.6 Å². The Balaban J connectivity index is 2.10. The molecule has 98 valence electrons. The van der Waals surface area contributed by atoms with Gasteiger partial charge in [0.05, 0.1) is 12.2 Å². The van der Waals surface area contributed by atoms with Crippen LogP contribution >= 0.6 is 0 Å². The molecule has 2 aromatic rings. The maximum atomic E-state index is 4.36. The van der Waals surface area contributed by atoms with Crippen molar-refractivity contribution in [2.75, 3.05) is 11.9 Å². The van der Waals surface area contributed by atoms with E-state index >= 15 is 0 Å². The van der Waals surface area contributed by atoms with Crippen LogP contribution in [0.5, 0.6) is 0 Å². The van der Waals surface area contributed by atoms with E-state index in [4.69, 9.17) is 0 Å². The number of imidazole rings is 1. The number of nitrogens with one attached hydrogen (secondary N) is 1. The van der Waals surface area contributed by atoms with Crippen LogP contribution in [0.25, 0.3) is 0 Å². The Morgan fingerprint density at radius 3 is 2.78 bits per heavy atom. The molecule has 2 rings (SSSR count). The summed E-state index contributed by atoms with van der Waals surface area (Å²) < 4.78 is 3.97. The van der Waals surface area contributed by atoms with Gasteiger partial charge in [-0.15, -0.1) is 0 Å². The number of aromatic nitrogens is 4. The molecule has 0 aliphatic heterocycles. The van der Waals surface area contributed by atoms with E-state index in [0.717, 1.165) is 24.7 Å². The Morgan fingerprint density at radius 1 is 1.39 bits per heavy atom. The van der Waals surface area contributed by atoms with Gasteiger partial charge in [-0.3, -0.25) is 4.68 Å². The number of hydrogen-bond donors (Lipinski definition) is 1. The average Bonchev–Trinajstić information content (AvgIpc) is 2.84. The second kappa shape index (κ2) is 5.25. The minimum absolute atomic E-state index is 0.607. The number of aryl methyl sites for hydroxylation is 2. The molecule has 0 atom stereocenters. The number of anilines is 1. The van der Waals surface area contributed by atoms with E-state index in [1.54, 1.807) is 0 Å². The maximum Gasteiger partial charge on any atom is 0.203 e. The van der Waals surface area contributed by atoms with Gasteiger partial charge in [0.1, 0.15) is 0 Å². The molecule has 0 saturated carbocycles. The molecule has 0 bridgehead atoms. The number of hydrogen-bond acceptors (Lipinski definition) is 3. The molecule has 0 radical (unpaired) electrons. The fourth-order valence-corrected chi connectivity index (χ4v) is 1.89. The molecule has 0 aliphatic carbocycles. The van der Waals surface area contributed by atoms with E-state index in [1.807, 2.05) is 31.0 Å². The minimum Gasteiger partial charge on any atom is -0.355 e. The molecule has 2 aromatic heterocycles. The summed E-state index contributed by atoms with van der Waals surface area (Å²) >= 11 is 0. The first-order valence-corrected chi connectivity index (χ1v) is 6.30. The summed E-state index contributed by atoms with van der Waals surface area (Å²) in [7, 11) is 1.95. The van der Waals surface area contributed by atoms with Crippen molar-refractivity contribution in [3.05, 3.63) is 29.8 Å². The van der Waals surface area contributed by atoms with Gasteiger partial charge in [0.15, 0.2) is 0 Å². The predicted octanol–water partition coefficient (Wildman–Crippen LogP) is 2.04. The van der Waals surface area contributed by atoms with E-state index in [2.05, 4.69) is 40.0 Å². The maximum absolute atomic E-state index is 4.36. The lowest BCUT2D eigenvalue weighted by atomic mass is 10.2. The van der Waals surface area contributed by atoms with E-state index in [-0.39, 0.29) is 0 Å². The smallest absolute Gasteiger partial charge is 0.203 e. The van der Waals surface area contributed by atoms with Crippen LogP contribution in [0.2, 0.25) is 0 Å². The molecular weight excluding hydrogens is 226 g/mol. The quantitative estimate of drug-likeness (QED) is 0.879. The van der Waals surface area contributed by atoms with Crippen molar-refractivity contribution in [1.29, 1.82) is 0 Å². The summed E-state index contributed by atoms with van der Waals surface area (Å²) in [5, 5.41) is 7.72. The lowest BCUT2D eigenvalue weighted by molar-refractivity contribution is 0.676. The molecule has 0 fully saturated rings. The summed E-state index contributed by atoms with van der Waals surface area (Å²) in [4.78, 5) is 4.35. The monoisotopic (exact) mass is 247 g/mol. The molecule has 0 unspecified atom stereocenters. The predicted molar refractivity (Wildman–Crippen MR) is 72.6 cm³/mol. The Labute approximate surface area is 108 Å². The molecule has 2 heterocycles. The third-order valence-corrected chi connectivity index (χ3v) is 2.84. The minimum atomic E-state index is 0.607. The standard InChI is InChI=1S/C13H21N5/c1-10(2)7-15-13-14-5-6-18(13)9-12-8-17(4)16-11(12)3/h5-6,8,10H,7,9H2,1-4H3,(H,14,15). The van der Waals surface area contributed by atoms with Gasteiger partial charge in [-0.25, -0.2) is 4.98 Å². The van der Waals surface area contributed by atoms with E-state index < -0.39 is 0 Å². The summed E-state index contributed by atoms with van der Waals surface area (Å²) in [6, 6.07) is 0. The highest BCUT2D eigenvalue weighted by atomic mass is 15.3. The van der Waals surface area contributed by atoms with Gasteiger partial charge < -0.3 is 9.88 Å². The zero-order valence-corrected chi connectivity index (χ0v) is 11.5. The summed E-state index contributed by atoms with van der Waals surface area (Å²) in [5.41, 5.74) is 2.30. The third-order valence-electron chi connectivity index (χ3n) is 2.84. The van der Waals surface area contributed by atoms with Gasteiger partial charge >= 0.3 is 0 Å². The van der Waals surface area contributed by atoms with Gasteiger partial charge in [-0.2, -0.15) is 5.10 Å². The van der Waals surface area contributed by atoms with Crippen molar-refractivity contribution < 1.29 is 0 Å². The average molecular weight is 247 g/mol. The molecule has 5 heteroatoms. The van der Waals surface area contributed by atoms with Crippen LogP contribution in [0.1, 0.15) is 25.1 Å². The zero-order valence-electron chi connectivity index (χ0n) is 11.5. The van der Waals surface area contributed by atoms with Crippen LogP contribution in [0.15, 0.2) is 18.6 Å². The molecular formula is C13H21N5. The highest BCUT2D eigenvalue weighted by Crippen LogP contribution is 2.12. The second-order valence-electron chi connectivity index (χ2n) is 5.07. The van der Waals surface area contributed by atoms with Crippen LogP contribution in [-0.4, -0.2) is 25.9 Å². The largest absolute Gasteiger partial charge is 0.355 e. The molecule has 0 aromatic carbocycles. The zero-order chi connectivity index (χ0) is 13.1. The van der Waals surface area contributed by atoms with Crippen molar-refractivity contribution in [2.24, 2.45) is 13.0 Å². The van der Waals surface area contributed by atoms with Gasteiger partial charge in [-0.05, 0) is 12.8 Å². The number of rotatable bonds is 5. The fourth-order valence-electron chi connectivity index (χ4n) is 1.89. The first-order chi connectivity index (χ1) is 8.56. The molecule has 0 amide bonds. The molecule has 0 saturated heterocycles.